The molecule has 0 saturated carbocycles. The number of thiophene rings is 1. The maximum absolute atomic E-state index is 5.29. The molecular weight excluding hydrogens is 520 g/mol. The Balaban J connectivity index is 1.59. The highest BCUT2D eigenvalue weighted by molar-refractivity contribution is 7.26. The van der Waals surface area contributed by atoms with Crippen LogP contribution in [0.15, 0.2) is 91.3 Å². The molecule has 4 heterocycles. The van der Waals surface area contributed by atoms with Crippen LogP contribution in [0, 0.1) is 6.92 Å². The van der Waals surface area contributed by atoms with E-state index in [9.17, 15) is 0 Å². The molecule has 0 radical (unpaired) electrons. The fourth-order valence-electron chi connectivity index (χ4n) is 5.89. The first-order chi connectivity index (χ1) is 19.9. The zero-order valence-corrected chi connectivity index (χ0v) is 24.8. The summed E-state index contributed by atoms with van der Waals surface area (Å²) in [6, 6.07) is 28.3. The van der Waals surface area contributed by atoms with Gasteiger partial charge >= 0.3 is 0 Å². The number of aromatic nitrogens is 4. The highest BCUT2D eigenvalue weighted by Crippen LogP contribution is 2.43. The van der Waals surface area contributed by atoms with E-state index in [0.29, 0.717) is 11.8 Å². The molecular formula is C36H32N4S. The van der Waals surface area contributed by atoms with Crippen molar-refractivity contribution < 1.29 is 0 Å². The molecule has 0 aliphatic heterocycles. The topological polar surface area (TPSA) is 43.6 Å². The molecule has 0 N–H and O–H groups in total. The van der Waals surface area contributed by atoms with Crippen molar-refractivity contribution in [2.45, 2.75) is 46.5 Å². The van der Waals surface area contributed by atoms with Crippen LogP contribution >= 0.6 is 11.3 Å². The number of hydrogen-bond donors (Lipinski definition) is 0. The average molecular weight is 553 g/mol. The molecule has 0 amide bonds. The van der Waals surface area contributed by atoms with E-state index in [4.69, 9.17) is 9.97 Å². The van der Waals surface area contributed by atoms with Crippen LogP contribution in [0.4, 0.5) is 0 Å². The molecule has 0 aliphatic rings. The number of imidazole rings is 1. The zero-order chi connectivity index (χ0) is 28.2. The third-order valence-corrected chi connectivity index (χ3v) is 9.09. The molecule has 0 unspecified atom stereocenters. The van der Waals surface area contributed by atoms with Gasteiger partial charge in [-0.25, -0.2) is 9.97 Å². The van der Waals surface area contributed by atoms with Gasteiger partial charge < -0.3 is 0 Å². The first-order valence-electron chi connectivity index (χ1n) is 14.3. The maximum Gasteiger partial charge on any atom is 0.147 e. The molecule has 3 aromatic carbocycles. The molecule has 0 aliphatic carbocycles. The first kappa shape index (κ1) is 25.6. The number of nitrogens with zero attached hydrogens (tertiary/aromatic N) is 4. The third kappa shape index (κ3) is 4.23. The van der Waals surface area contributed by atoms with Crippen molar-refractivity contribution in [3.63, 3.8) is 0 Å². The number of rotatable bonds is 5. The van der Waals surface area contributed by atoms with Gasteiger partial charge in [0.2, 0.25) is 0 Å². The highest BCUT2D eigenvalue weighted by atomic mass is 32.1. The fraction of sp³-hybridized carbons (Fsp3) is 0.194. The lowest BCUT2D eigenvalue weighted by atomic mass is 9.88. The van der Waals surface area contributed by atoms with E-state index < -0.39 is 0 Å². The molecule has 4 nitrogen and oxygen atoms in total. The molecule has 7 rings (SSSR count). The molecule has 202 valence electrons. The minimum atomic E-state index is 0.306. The number of hydrogen-bond acceptors (Lipinski definition) is 4. The van der Waals surface area contributed by atoms with Crippen LogP contribution in [-0.4, -0.2) is 19.5 Å². The van der Waals surface area contributed by atoms with Gasteiger partial charge in [0.05, 0.1) is 22.9 Å². The zero-order valence-electron chi connectivity index (χ0n) is 24.0. The van der Waals surface area contributed by atoms with Crippen LogP contribution in [0.1, 0.15) is 56.4 Å². The largest absolute Gasteiger partial charge is 0.290 e. The summed E-state index contributed by atoms with van der Waals surface area (Å²) in [6.45, 7) is 11.2. The Morgan fingerprint density at radius 3 is 2.22 bits per heavy atom. The second-order valence-corrected chi connectivity index (χ2v) is 12.4. The second-order valence-electron chi connectivity index (χ2n) is 11.4. The smallest absolute Gasteiger partial charge is 0.147 e. The summed E-state index contributed by atoms with van der Waals surface area (Å²) in [5.74, 6) is 1.55. The average Bonchev–Trinajstić information content (AvgIpc) is 3.54. The lowest BCUT2D eigenvalue weighted by molar-refractivity contribution is 0.811. The van der Waals surface area contributed by atoms with Gasteiger partial charge in [-0.15, -0.1) is 11.3 Å². The van der Waals surface area contributed by atoms with Crippen LogP contribution < -0.4 is 0 Å². The molecule has 4 aromatic heterocycles. The van der Waals surface area contributed by atoms with Gasteiger partial charge in [0, 0.05) is 32.9 Å². The van der Waals surface area contributed by atoms with E-state index >= 15 is 0 Å². The molecule has 41 heavy (non-hydrogen) atoms. The Morgan fingerprint density at radius 2 is 1.49 bits per heavy atom. The van der Waals surface area contributed by atoms with E-state index in [0.717, 1.165) is 32.9 Å². The highest BCUT2D eigenvalue weighted by Gasteiger charge is 2.25. The van der Waals surface area contributed by atoms with Crippen molar-refractivity contribution in [2.75, 3.05) is 0 Å². The van der Waals surface area contributed by atoms with Crippen LogP contribution in [0.3, 0.4) is 0 Å². The lowest BCUT2D eigenvalue weighted by Gasteiger charge is -2.24. The summed E-state index contributed by atoms with van der Waals surface area (Å²) in [6.07, 6.45) is 3.79. The molecule has 0 atom stereocenters. The summed E-state index contributed by atoms with van der Waals surface area (Å²) in [7, 11) is 0. The minimum absolute atomic E-state index is 0.306. The van der Waals surface area contributed by atoms with Crippen molar-refractivity contribution in [3.8, 4) is 28.2 Å². The summed E-state index contributed by atoms with van der Waals surface area (Å²) in [5.41, 5.74) is 10.4. The molecule has 0 spiro atoms. The summed E-state index contributed by atoms with van der Waals surface area (Å²) in [5, 5.41) is 2.42. The third-order valence-electron chi connectivity index (χ3n) is 7.94. The van der Waals surface area contributed by atoms with Crippen molar-refractivity contribution in [2.24, 2.45) is 0 Å². The van der Waals surface area contributed by atoms with E-state index in [1.807, 2.05) is 18.5 Å². The van der Waals surface area contributed by atoms with Crippen LogP contribution in [-0.2, 0) is 0 Å². The summed E-state index contributed by atoms with van der Waals surface area (Å²) in [4.78, 5) is 15.8. The predicted octanol–water partition coefficient (Wildman–Crippen LogP) is 10.1. The number of pyridine rings is 2. The van der Waals surface area contributed by atoms with Crippen LogP contribution in [0.5, 0.6) is 0 Å². The van der Waals surface area contributed by atoms with Gasteiger partial charge in [-0.2, -0.15) is 0 Å². The van der Waals surface area contributed by atoms with E-state index in [-0.39, 0.29) is 0 Å². The molecule has 7 aromatic rings. The number of benzene rings is 3. The molecule has 0 saturated heterocycles. The molecule has 0 bridgehead atoms. The standard InChI is InChI=1S/C36H32N4S/c1-21(2)29-18-25(24-10-7-6-8-11-24)19-30(22(3)4)33(29)40-32-20-37-17-16-31(32)39-35(40)28-13-9-12-26-27-15-14-23(5)38-36(27)41-34(26)28/h6-22H,1-5H3. The predicted molar refractivity (Wildman–Crippen MR) is 173 cm³/mol. The first-order valence-corrected chi connectivity index (χ1v) is 15.1. The Kier molecular flexibility index (Phi) is 6.20. The number of aryl methyl sites for hydroxylation is 1. The van der Waals surface area contributed by atoms with Crippen molar-refractivity contribution in [1.82, 2.24) is 19.5 Å². The summed E-state index contributed by atoms with van der Waals surface area (Å²) >= 11 is 1.75. The monoisotopic (exact) mass is 552 g/mol. The van der Waals surface area contributed by atoms with Gasteiger partial charge in [0.25, 0.3) is 0 Å². The van der Waals surface area contributed by atoms with E-state index in [2.05, 4.69) is 117 Å². The van der Waals surface area contributed by atoms with E-state index in [1.54, 1.807) is 11.3 Å². The quantitative estimate of drug-likeness (QED) is 0.213. The second kappa shape index (κ2) is 9.93. The molecule has 0 fully saturated rings. The Morgan fingerprint density at radius 1 is 0.732 bits per heavy atom. The SMILES string of the molecule is Cc1ccc2c(n1)sc1c(-c3nc4ccncc4n3-c3c(C(C)C)cc(-c4ccccc4)cc3C(C)C)cccc12. The Bertz CT molecular complexity index is 2040. The van der Waals surface area contributed by atoms with Gasteiger partial charge in [-0.05, 0) is 77.4 Å². The van der Waals surface area contributed by atoms with Crippen molar-refractivity contribution >= 4 is 42.7 Å². The number of fused-ring (bicyclic) bond motifs is 4. The van der Waals surface area contributed by atoms with E-state index in [1.165, 1.54) is 43.4 Å². The van der Waals surface area contributed by atoms with Crippen LogP contribution in [0.2, 0.25) is 0 Å². The fourth-order valence-corrected chi connectivity index (χ4v) is 7.12. The Hall–Kier alpha value is -4.35. The van der Waals surface area contributed by atoms with Gasteiger partial charge in [0.1, 0.15) is 10.7 Å². The van der Waals surface area contributed by atoms with Crippen LogP contribution in [0.25, 0.3) is 59.5 Å². The van der Waals surface area contributed by atoms with Crippen molar-refractivity contribution in [1.29, 1.82) is 0 Å². The maximum atomic E-state index is 5.29. The van der Waals surface area contributed by atoms with Gasteiger partial charge in [-0.1, -0.05) is 70.2 Å². The summed E-state index contributed by atoms with van der Waals surface area (Å²) < 4.78 is 3.59. The normalized spacial score (nSPS) is 12.0. The Labute approximate surface area is 244 Å². The van der Waals surface area contributed by atoms with Crippen molar-refractivity contribution in [3.05, 3.63) is 108 Å². The minimum Gasteiger partial charge on any atom is -0.290 e. The molecule has 5 heteroatoms. The lowest BCUT2D eigenvalue weighted by Crippen LogP contribution is -2.09. The van der Waals surface area contributed by atoms with Gasteiger partial charge in [-0.3, -0.25) is 9.55 Å². The van der Waals surface area contributed by atoms with Gasteiger partial charge in [0.15, 0.2) is 0 Å².